The van der Waals surface area contributed by atoms with Gasteiger partial charge in [-0.2, -0.15) is 9.98 Å². The monoisotopic (exact) mass is 377 g/mol. The van der Waals surface area contributed by atoms with Crippen molar-refractivity contribution in [3.05, 3.63) is 70.1 Å². The molecule has 3 N–H and O–H groups in total. The molecule has 0 spiro atoms. The van der Waals surface area contributed by atoms with Crippen LogP contribution in [-0.4, -0.2) is 23.4 Å². The lowest BCUT2D eigenvalue weighted by molar-refractivity contribution is 0.0976. The highest BCUT2D eigenvalue weighted by molar-refractivity contribution is 6.05. The number of para-hydroxylation sites is 2. The van der Waals surface area contributed by atoms with Crippen molar-refractivity contribution in [3.63, 3.8) is 0 Å². The second kappa shape index (κ2) is 7.81. The molecule has 3 aromatic rings. The van der Waals surface area contributed by atoms with Gasteiger partial charge in [0.25, 0.3) is 5.91 Å². The predicted octanol–water partition coefficient (Wildman–Crippen LogP) is 3.79. The smallest absolute Gasteiger partial charge is 0.325 e. The number of guanidine groups is 1. The average Bonchev–Trinajstić information content (AvgIpc) is 3.08. The van der Waals surface area contributed by atoms with Crippen molar-refractivity contribution in [1.29, 1.82) is 0 Å². The van der Waals surface area contributed by atoms with Crippen molar-refractivity contribution in [2.75, 3.05) is 6.54 Å². The van der Waals surface area contributed by atoms with Crippen LogP contribution in [-0.2, 0) is 5.41 Å². The molecule has 142 valence electrons. The van der Waals surface area contributed by atoms with Crippen molar-refractivity contribution < 1.29 is 9.21 Å². The van der Waals surface area contributed by atoms with Crippen LogP contribution in [0, 0.1) is 0 Å². The Balaban J connectivity index is 1.70. The maximum atomic E-state index is 12.4. The lowest BCUT2D eigenvalue weighted by Crippen LogP contribution is -2.36. The highest BCUT2D eigenvalue weighted by Gasteiger charge is 2.20. The maximum absolute atomic E-state index is 12.4. The first kappa shape index (κ1) is 18.9. The summed E-state index contributed by atoms with van der Waals surface area (Å²) >= 11 is 0. The van der Waals surface area contributed by atoms with Crippen molar-refractivity contribution in [2.45, 2.75) is 19.3 Å². The van der Waals surface area contributed by atoms with E-state index < -0.39 is 5.91 Å². The molecule has 0 fully saturated rings. The molecule has 1 amide bonds. The minimum Gasteiger partial charge on any atom is -0.422 e. The summed E-state index contributed by atoms with van der Waals surface area (Å²) in [5, 5.41) is 6.13. The van der Waals surface area contributed by atoms with Gasteiger partial charge in [0.15, 0.2) is 5.58 Å². The first-order valence-corrected chi connectivity index (χ1v) is 8.51. The molecule has 2 aromatic carbocycles. The fraction of sp³-hybridized carbons (Fsp3) is 0.211. The Labute approximate surface area is 160 Å². The molecule has 0 atom stereocenters. The number of azide groups is 1. The van der Waals surface area contributed by atoms with Gasteiger partial charge in [0, 0.05) is 17.0 Å². The summed E-state index contributed by atoms with van der Waals surface area (Å²) in [5.41, 5.74) is 16.5. The minimum absolute atomic E-state index is 0.0640. The number of hydrogen-bond donors (Lipinski definition) is 2. The summed E-state index contributed by atoms with van der Waals surface area (Å²) in [5.74, 6) is -0.527. The van der Waals surface area contributed by atoms with E-state index in [0.29, 0.717) is 23.2 Å². The van der Waals surface area contributed by atoms with E-state index in [9.17, 15) is 4.79 Å². The van der Waals surface area contributed by atoms with E-state index in [2.05, 4.69) is 25.3 Å². The number of carbonyl (C=O) groups is 1. The topological polar surface area (TPSA) is 142 Å². The Morgan fingerprint density at radius 3 is 2.64 bits per heavy atom. The van der Waals surface area contributed by atoms with Crippen molar-refractivity contribution in [1.82, 2.24) is 10.3 Å². The lowest BCUT2D eigenvalue weighted by Gasteiger charge is -2.22. The molecule has 0 saturated heterocycles. The summed E-state index contributed by atoms with van der Waals surface area (Å²) in [4.78, 5) is 23.3. The third-order valence-electron chi connectivity index (χ3n) is 4.20. The molecule has 0 aliphatic carbocycles. The molecule has 0 unspecified atom stereocenters. The quantitative estimate of drug-likeness (QED) is 0.229. The summed E-state index contributed by atoms with van der Waals surface area (Å²) in [6, 6.07) is 14.3. The summed E-state index contributed by atoms with van der Waals surface area (Å²) in [7, 11) is 0. The predicted molar refractivity (Wildman–Crippen MR) is 106 cm³/mol. The van der Waals surface area contributed by atoms with Crippen LogP contribution in [0.15, 0.2) is 63.1 Å². The number of amides is 1. The van der Waals surface area contributed by atoms with Crippen LogP contribution in [0.5, 0.6) is 0 Å². The van der Waals surface area contributed by atoms with Gasteiger partial charge in [-0.1, -0.05) is 43.2 Å². The third-order valence-corrected chi connectivity index (χ3v) is 4.20. The highest BCUT2D eigenvalue weighted by atomic mass is 16.4. The number of aromatic nitrogens is 1. The second-order valence-electron chi connectivity index (χ2n) is 6.77. The molecule has 0 radical (unpaired) electrons. The molecule has 0 aliphatic rings. The summed E-state index contributed by atoms with van der Waals surface area (Å²) in [6.07, 6.45) is 0. The first-order chi connectivity index (χ1) is 13.4. The molecular formula is C19H19N7O2. The van der Waals surface area contributed by atoms with Gasteiger partial charge in [-0.05, 0) is 40.8 Å². The van der Waals surface area contributed by atoms with Crippen LogP contribution in [0.2, 0.25) is 0 Å². The van der Waals surface area contributed by atoms with Crippen LogP contribution in [0.1, 0.15) is 29.8 Å². The zero-order valence-corrected chi connectivity index (χ0v) is 15.5. The van der Waals surface area contributed by atoms with E-state index in [4.69, 9.17) is 15.7 Å². The molecule has 0 aliphatic heterocycles. The minimum atomic E-state index is -0.406. The number of aliphatic imine (C=N–C) groups is 1. The number of benzene rings is 2. The average molecular weight is 377 g/mol. The van der Waals surface area contributed by atoms with E-state index in [1.165, 1.54) is 0 Å². The van der Waals surface area contributed by atoms with Crippen molar-refractivity contribution in [3.8, 4) is 0 Å². The van der Waals surface area contributed by atoms with Crippen LogP contribution < -0.4 is 11.1 Å². The Hall–Kier alpha value is -3.84. The van der Waals surface area contributed by atoms with Crippen molar-refractivity contribution in [2.24, 2.45) is 15.8 Å². The highest BCUT2D eigenvalue weighted by Crippen LogP contribution is 2.24. The summed E-state index contributed by atoms with van der Waals surface area (Å²) < 4.78 is 5.45. The van der Waals surface area contributed by atoms with Crippen LogP contribution in [0.25, 0.3) is 21.5 Å². The van der Waals surface area contributed by atoms with Gasteiger partial charge in [-0.25, -0.2) is 0 Å². The lowest BCUT2D eigenvalue weighted by atomic mass is 9.84. The zero-order valence-electron chi connectivity index (χ0n) is 15.5. The van der Waals surface area contributed by atoms with Gasteiger partial charge in [0.1, 0.15) is 5.52 Å². The maximum Gasteiger partial charge on any atom is 0.325 e. The number of hydrogen-bond acceptors (Lipinski definition) is 5. The summed E-state index contributed by atoms with van der Waals surface area (Å²) in [6.45, 7) is 4.24. The fourth-order valence-electron chi connectivity index (χ4n) is 2.60. The van der Waals surface area contributed by atoms with Gasteiger partial charge >= 0.3 is 6.01 Å². The Kier molecular flexibility index (Phi) is 5.28. The van der Waals surface area contributed by atoms with Crippen LogP contribution in [0.3, 0.4) is 0 Å². The molecule has 1 aromatic heterocycles. The Morgan fingerprint density at radius 1 is 1.25 bits per heavy atom. The standard InChI is InChI=1S/C19H19N7O2/c1-19(2,11-22-26-21)13-9-7-12(8-10-13)16(27)24-17(20)25-18-23-14-5-3-4-6-15(14)28-18/h3-10H,11H2,1-2H3,(H3,20,23,24,25,27). The Bertz CT molecular complexity index is 1040. The van der Waals surface area contributed by atoms with Gasteiger partial charge in [-0.3, -0.25) is 10.1 Å². The fourth-order valence-corrected chi connectivity index (χ4v) is 2.60. The van der Waals surface area contributed by atoms with Gasteiger partial charge in [0.05, 0.1) is 0 Å². The first-order valence-electron chi connectivity index (χ1n) is 8.51. The Morgan fingerprint density at radius 2 is 1.96 bits per heavy atom. The van der Waals surface area contributed by atoms with E-state index >= 15 is 0 Å². The normalized spacial score (nSPS) is 11.9. The molecule has 9 nitrogen and oxygen atoms in total. The van der Waals surface area contributed by atoms with Crippen LogP contribution in [0.4, 0.5) is 6.01 Å². The van der Waals surface area contributed by atoms with E-state index in [1.807, 2.05) is 38.1 Å². The largest absolute Gasteiger partial charge is 0.422 e. The SMILES string of the molecule is CC(C)(CN=[N+]=[N-])c1ccc(C(=O)NC(N)=Nc2nc3ccccc3o2)cc1. The molecule has 28 heavy (non-hydrogen) atoms. The van der Waals surface area contributed by atoms with E-state index in [1.54, 1.807) is 24.3 Å². The molecule has 0 saturated carbocycles. The van der Waals surface area contributed by atoms with Gasteiger partial charge in [-0.15, -0.1) is 0 Å². The number of oxazole rings is 1. The van der Waals surface area contributed by atoms with E-state index in [0.717, 1.165) is 5.56 Å². The molecule has 0 bridgehead atoms. The number of nitrogens with one attached hydrogen (secondary N) is 1. The zero-order chi connectivity index (χ0) is 20.1. The van der Waals surface area contributed by atoms with Crippen molar-refractivity contribution >= 4 is 29.0 Å². The van der Waals surface area contributed by atoms with E-state index in [-0.39, 0.29) is 17.4 Å². The molecule has 1 heterocycles. The number of rotatable bonds is 5. The second-order valence-corrected chi connectivity index (χ2v) is 6.77. The van der Waals surface area contributed by atoms with Gasteiger partial charge < -0.3 is 10.2 Å². The van der Waals surface area contributed by atoms with Gasteiger partial charge in [0.2, 0.25) is 5.96 Å². The number of nitrogens with two attached hydrogens (primary N) is 1. The number of carbonyl (C=O) groups excluding carboxylic acids is 1. The third kappa shape index (κ3) is 4.28. The van der Waals surface area contributed by atoms with Crippen LogP contribution >= 0.6 is 0 Å². The number of fused-ring (bicyclic) bond motifs is 1. The molecular weight excluding hydrogens is 358 g/mol. The molecule has 9 heteroatoms. The number of nitrogens with zero attached hydrogens (tertiary/aromatic N) is 5. The molecule has 3 rings (SSSR count).